The number of halogens is 1. The van der Waals surface area contributed by atoms with E-state index < -0.39 is 0 Å². The third-order valence-corrected chi connectivity index (χ3v) is 1.78. The van der Waals surface area contributed by atoms with Crippen molar-refractivity contribution in [1.82, 2.24) is 0 Å². The van der Waals surface area contributed by atoms with Crippen LogP contribution in [0.3, 0.4) is 0 Å². The third kappa shape index (κ3) is 2.50. The zero-order valence-electron chi connectivity index (χ0n) is 7.31. The van der Waals surface area contributed by atoms with Crippen LogP contribution in [-0.2, 0) is 6.42 Å². The summed E-state index contributed by atoms with van der Waals surface area (Å²) < 4.78 is 13.0. The minimum absolute atomic E-state index is 0.112. The van der Waals surface area contributed by atoms with E-state index in [1.807, 2.05) is 19.1 Å². The highest BCUT2D eigenvalue weighted by atomic mass is 19.1. The fourth-order valence-electron chi connectivity index (χ4n) is 1.05. The number of hydrogen-bond acceptors (Lipinski definition) is 0. The molecule has 0 aromatic heterocycles. The highest BCUT2D eigenvalue weighted by Crippen LogP contribution is 2.10. The molecule has 0 saturated carbocycles. The summed E-state index contributed by atoms with van der Waals surface area (Å²) in [6.07, 6.45) is 1.61. The molecule has 0 nitrogen and oxygen atoms in total. The normalized spacial score (nSPS) is 9.83. The van der Waals surface area contributed by atoms with E-state index in [4.69, 9.17) is 0 Å². The summed E-state index contributed by atoms with van der Waals surface area (Å²) in [5, 5.41) is 0. The Morgan fingerprint density at radius 3 is 2.67 bits per heavy atom. The van der Waals surface area contributed by atoms with Crippen LogP contribution in [0.2, 0.25) is 0 Å². The molecule has 0 N–H and O–H groups in total. The Balaban J connectivity index is 2.63. The van der Waals surface area contributed by atoms with Gasteiger partial charge in [0.25, 0.3) is 0 Å². The Morgan fingerprint density at radius 1 is 1.42 bits per heavy atom. The van der Waals surface area contributed by atoms with Crippen LogP contribution >= 0.6 is 0 Å². The van der Waals surface area contributed by atoms with Crippen LogP contribution < -0.4 is 0 Å². The first-order chi connectivity index (χ1) is 5.70. The molecule has 1 heteroatoms. The van der Waals surface area contributed by atoms with Crippen molar-refractivity contribution in [1.29, 1.82) is 0 Å². The van der Waals surface area contributed by atoms with Crippen LogP contribution in [0, 0.1) is 5.82 Å². The second-order valence-electron chi connectivity index (χ2n) is 3.05. The van der Waals surface area contributed by atoms with Crippen molar-refractivity contribution in [2.75, 3.05) is 0 Å². The predicted octanol–water partition coefficient (Wildman–Crippen LogP) is 3.33. The highest BCUT2D eigenvalue weighted by Gasteiger charge is 1.99. The molecule has 0 unspecified atom stereocenters. The molecule has 1 rings (SSSR count). The van der Waals surface area contributed by atoms with Gasteiger partial charge in [-0.3, -0.25) is 0 Å². The van der Waals surface area contributed by atoms with Gasteiger partial charge in [0.1, 0.15) is 5.82 Å². The van der Waals surface area contributed by atoms with Gasteiger partial charge < -0.3 is 0 Å². The summed E-state index contributed by atoms with van der Waals surface area (Å²) in [5.74, 6) is -0.112. The molecule has 0 radical (unpaired) electrons. The van der Waals surface area contributed by atoms with Gasteiger partial charge in [0, 0.05) is 0 Å². The van der Waals surface area contributed by atoms with E-state index in [-0.39, 0.29) is 5.82 Å². The number of hydrogen-bond donors (Lipinski definition) is 0. The van der Waals surface area contributed by atoms with Gasteiger partial charge >= 0.3 is 0 Å². The molecule has 1 aromatic rings. The molecule has 0 amide bonds. The van der Waals surface area contributed by atoms with E-state index in [0.717, 1.165) is 24.0 Å². The van der Waals surface area contributed by atoms with Gasteiger partial charge in [-0.15, -0.1) is 6.58 Å². The maximum atomic E-state index is 13.0. The molecule has 0 aliphatic carbocycles. The summed E-state index contributed by atoms with van der Waals surface area (Å²) in [5.41, 5.74) is 1.87. The summed E-state index contributed by atoms with van der Waals surface area (Å²) in [6, 6.07) is 6.88. The van der Waals surface area contributed by atoms with Crippen molar-refractivity contribution in [3.8, 4) is 0 Å². The maximum Gasteiger partial charge on any atom is 0.126 e. The number of aryl methyl sites for hydroxylation is 1. The molecule has 0 aliphatic rings. The van der Waals surface area contributed by atoms with Gasteiger partial charge in [-0.2, -0.15) is 0 Å². The second kappa shape index (κ2) is 4.05. The van der Waals surface area contributed by atoms with E-state index in [0.29, 0.717) is 0 Å². The lowest BCUT2D eigenvalue weighted by atomic mass is 10.1. The first-order valence-electron chi connectivity index (χ1n) is 4.08. The molecule has 0 aliphatic heterocycles. The Hall–Kier alpha value is -1.11. The van der Waals surface area contributed by atoms with Crippen LogP contribution in [0.25, 0.3) is 0 Å². The van der Waals surface area contributed by atoms with E-state index in [1.165, 1.54) is 6.07 Å². The molecule has 12 heavy (non-hydrogen) atoms. The van der Waals surface area contributed by atoms with Gasteiger partial charge in [0.2, 0.25) is 0 Å². The zero-order valence-corrected chi connectivity index (χ0v) is 7.31. The average Bonchev–Trinajstić information content (AvgIpc) is 2.03. The Morgan fingerprint density at radius 2 is 2.08 bits per heavy atom. The van der Waals surface area contributed by atoms with Crippen LogP contribution in [0.15, 0.2) is 36.4 Å². The Bertz CT molecular complexity index is 276. The molecule has 0 saturated heterocycles. The van der Waals surface area contributed by atoms with E-state index in [2.05, 4.69) is 6.58 Å². The maximum absolute atomic E-state index is 13.0. The van der Waals surface area contributed by atoms with Crippen molar-refractivity contribution < 1.29 is 4.39 Å². The SMILES string of the molecule is C=C(C)CCc1ccccc1F. The molecular formula is C11H13F. The smallest absolute Gasteiger partial charge is 0.126 e. The van der Waals surface area contributed by atoms with Crippen molar-refractivity contribution in [3.63, 3.8) is 0 Å². The standard InChI is InChI=1S/C11H13F/c1-9(2)7-8-10-5-3-4-6-11(10)12/h3-6H,1,7-8H2,2H3. The molecular weight excluding hydrogens is 151 g/mol. The Labute approximate surface area is 72.7 Å². The largest absolute Gasteiger partial charge is 0.207 e. The molecule has 0 fully saturated rings. The van der Waals surface area contributed by atoms with Crippen LogP contribution in [0.1, 0.15) is 18.9 Å². The van der Waals surface area contributed by atoms with Crippen molar-refractivity contribution in [2.45, 2.75) is 19.8 Å². The summed E-state index contributed by atoms with van der Waals surface area (Å²) >= 11 is 0. The highest BCUT2D eigenvalue weighted by molar-refractivity contribution is 5.18. The van der Waals surface area contributed by atoms with Gasteiger partial charge in [-0.05, 0) is 31.4 Å². The van der Waals surface area contributed by atoms with E-state index in [9.17, 15) is 4.39 Å². The van der Waals surface area contributed by atoms with E-state index >= 15 is 0 Å². The van der Waals surface area contributed by atoms with Crippen LogP contribution in [0.5, 0.6) is 0 Å². The average molecular weight is 164 g/mol. The number of benzene rings is 1. The van der Waals surface area contributed by atoms with Gasteiger partial charge in [0.05, 0.1) is 0 Å². The van der Waals surface area contributed by atoms with Gasteiger partial charge in [-0.25, -0.2) is 4.39 Å². The van der Waals surface area contributed by atoms with Crippen LogP contribution in [-0.4, -0.2) is 0 Å². The fraction of sp³-hybridized carbons (Fsp3) is 0.273. The first kappa shape index (κ1) is 8.98. The molecule has 0 atom stereocenters. The minimum Gasteiger partial charge on any atom is -0.207 e. The summed E-state index contributed by atoms with van der Waals surface area (Å²) in [6.45, 7) is 5.74. The molecule has 1 aromatic carbocycles. The zero-order chi connectivity index (χ0) is 8.97. The van der Waals surface area contributed by atoms with Crippen molar-refractivity contribution in [2.24, 2.45) is 0 Å². The quantitative estimate of drug-likeness (QED) is 0.601. The molecule has 0 spiro atoms. The molecule has 0 heterocycles. The van der Waals surface area contributed by atoms with Crippen LogP contribution in [0.4, 0.5) is 4.39 Å². The minimum atomic E-state index is -0.112. The predicted molar refractivity (Wildman–Crippen MR) is 49.5 cm³/mol. The fourth-order valence-corrected chi connectivity index (χ4v) is 1.05. The second-order valence-corrected chi connectivity index (χ2v) is 3.05. The molecule has 64 valence electrons. The third-order valence-electron chi connectivity index (χ3n) is 1.78. The molecule has 0 bridgehead atoms. The van der Waals surface area contributed by atoms with Gasteiger partial charge in [-0.1, -0.05) is 23.8 Å². The lowest BCUT2D eigenvalue weighted by Gasteiger charge is -2.01. The van der Waals surface area contributed by atoms with E-state index in [1.54, 1.807) is 6.07 Å². The lowest BCUT2D eigenvalue weighted by Crippen LogP contribution is -1.89. The number of allylic oxidation sites excluding steroid dienone is 1. The Kier molecular flexibility index (Phi) is 3.03. The summed E-state index contributed by atoms with van der Waals surface area (Å²) in [4.78, 5) is 0. The van der Waals surface area contributed by atoms with Gasteiger partial charge in [0.15, 0.2) is 0 Å². The lowest BCUT2D eigenvalue weighted by molar-refractivity contribution is 0.608. The van der Waals surface area contributed by atoms with Crippen molar-refractivity contribution >= 4 is 0 Å². The first-order valence-corrected chi connectivity index (χ1v) is 4.08. The monoisotopic (exact) mass is 164 g/mol. The summed E-state index contributed by atoms with van der Waals surface area (Å²) in [7, 11) is 0. The topological polar surface area (TPSA) is 0 Å². The number of rotatable bonds is 3. The van der Waals surface area contributed by atoms with Crippen molar-refractivity contribution in [3.05, 3.63) is 47.8 Å².